The van der Waals surface area contributed by atoms with Crippen molar-refractivity contribution in [1.29, 1.82) is 0 Å². The number of nitrogens with zero attached hydrogens (tertiary/aromatic N) is 3. The summed E-state index contributed by atoms with van der Waals surface area (Å²) in [6.07, 6.45) is 4.41. The highest BCUT2D eigenvalue weighted by molar-refractivity contribution is 6.18. The predicted octanol–water partition coefficient (Wildman–Crippen LogP) is 1.73. The normalized spacial score (nSPS) is 10.6. The molecule has 0 aliphatic rings. The number of hydrogen-bond acceptors (Lipinski definition) is 4. The summed E-state index contributed by atoms with van der Waals surface area (Å²) in [5.41, 5.74) is 1.22. The van der Waals surface area contributed by atoms with E-state index in [1.807, 2.05) is 0 Å². The van der Waals surface area contributed by atoms with Gasteiger partial charge in [-0.15, -0.1) is 11.6 Å². The first-order valence-electron chi connectivity index (χ1n) is 5.62. The molecule has 0 radical (unpaired) electrons. The molecule has 2 rings (SSSR count). The number of nitrogens with one attached hydrogen (secondary N) is 2. The maximum absolute atomic E-state index is 11.6. The van der Waals surface area contributed by atoms with Crippen LogP contribution in [0.5, 0.6) is 0 Å². The minimum Gasteiger partial charge on any atom is -0.373 e. The first-order valence-corrected chi connectivity index (χ1v) is 6.16. The van der Waals surface area contributed by atoms with E-state index < -0.39 is 0 Å². The summed E-state index contributed by atoms with van der Waals surface area (Å²) in [5.74, 6) is 1.12. The van der Waals surface area contributed by atoms with E-state index in [1.165, 1.54) is 0 Å². The number of fused-ring (bicyclic) bond motifs is 1. The summed E-state index contributed by atoms with van der Waals surface area (Å²) in [4.78, 5) is 16.0. The van der Waals surface area contributed by atoms with Crippen molar-refractivity contribution < 1.29 is 4.79 Å². The zero-order valence-electron chi connectivity index (χ0n) is 9.98. The molecule has 1 amide bonds. The Morgan fingerprint density at radius 1 is 1.56 bits per heavy atom. The quantitative estimate of drug-likeness (QED) is 0.810. The van der Waals surface area contributed by atoms with Gasteiger partial charge < -0.3 is 10.6 Å². The number of hydrogen-bond donors (Lipinski definition) is 2. The van der Waals surface area contributed by atoms with E-state index in [4.69, 9.17) is 11.6 Å². The third kappa shape index (κ3) is 2.70. The fraction of sp³-hybridized carbons (Fsp3) is 0.364. The molecule has 0 atom stereocenters. The summed E-state index contributed by atoms with van der Waals surface area (Å²) in [7, 11) is 1.79. The fourth-order valence-electron chi connectivity index (χ4n) is 1.54. The Bertz CT molecular complexity index is 553. The van der Waals surface area contributed by atoms with Gasteiger partial charge in [-0.25, -0.2) is 9.50 Å². The van der Waals surface area contributed by atoms with Crippen LogP contribution in [0.3, 0.4) is 0 Å². The number of halogens is 1. The van der Waals surface area contributed by atoms with Crippen LogP contribution in [0, 0.1) is 0 Å². The molecule has 18 heavy (non-hydrogen) atoms. The fourth-order valence-corrected chi connectivity index (χ4v) is 1.67. The monoisotopic (exact) mass is 267 g/mol. The molecular formula is C11H14ClN5O. The Morgan fingerprint density at radius 3 is 3.11 bits per heavy atom. The molecule has 0 unspecified atom stereocenters. The third-order valence-electron chi connectivity index (χ3n) is 2.44. The first kappa shape index (κ1) is 12.6. The van der Waals surface area contributed by atoms with Gasteiger partial charge in [0.25, 0.3) is 0 Å². The van der Waals surface area contributed by atoms with Crippen molar-refractivity contribution in [3.8, 4) is 0 Å². The van der Waals surface area contributed by atoms with E-state index >= 15 is 0 Å². The number of anilines is 2. The van der Waals surface area contributed by atoms with Gasteiger partial charge in [0.05, 0.1) is 6.20 Å². The molecule has 0 fully saturated rings. The highest BCUT2D eigenvalue weighted by Gasteiger charge is 2.09. The van der Waals surface area contributed by atoms with E-state index in [2.05, 4.69) is 20.7 Å². The lowest BCUT2D eigenvalue weighted by Crippen LogP contribution is -2.11. The lowest BCUT2D eigenvalue weighted by Gasteiger charge is -2.03. The van der Waals surface area contributed by atoms with Crippen LogP contribution in [0.15, 0.2) is 18.5 Å². The maximum Gasteiger partial charge on any atom is 0.224 e. The van der Waals surface area contributed by atoms with Gasteiger partial charge in [-0.2, -0.15) is 5.10 Å². The molecular weight excluding hydrogens is 254 g/mol. The first-order chi connectivity index (χ1) is 8.74. The van der Waals surface area contributed by atoms with Crippen molar-refractivity contribution in [2.75, 3.05) is 23.6 Å². The molecule has 0 spiro atoms. The van der Waals surface area contributed by atoms with Crippen molar-refractivity contribution in [1.82, 2.24) is 14.6 Å². The largest absolute Gasteiger partial charge is 0.373 e. The molecule has 0 aliphatic carbocycles. The molecule has 2 heterocycles. The summed E-state index contributed by atoms with van der Waals surface area (Å²) in [6, 6.07) is 1.80. The summed E-state index contributed by atoms with van der Waals surface area (Å²) in [5, 5.41) is 9.83. The van der Waals surface area contributed by atoms with Crippen molar-refractivity contribution in [2.45, 2.75) is 12.8 Å². The van der Waals surface area contributed by atoms with E-state index in [0.717, 1.165) is 5.82 Å². The van der Waals surface area contributed by atoms with Crippen molar-refractivity contribution >= 4 is 34.7 Å². The zero-order valence-corrected chi connectivity index (χ0v) is 10.7. The summed E-state index contributed by atoms with van der Waals surface area (Å²) < 4.78 is 1.61. The minimum absolute atomic E-state index is 0.0813. The molecule has 2 N–H and O–H groups in total. The Morgan fingerprint density at radius 2 is 2.39 bits per heavy atom. The van der Waals surface area contributed by atoms with E-state index in [1.54, 1.807) is 30.0 Å². The van der Waals surface area contributed by atoms with Gasteiger partial charge in [0, 0.05) is 25.5 Å². The number of amides is 1. The van der Waals surface area contributed by atoms with Crippen molar-refractivity contribution in [3.05, 3.63) is 18.5 Å². The topological polar surface area (TPSA) is 71.3 Å². The maximum atomic E-state index is 11.6. The van der Waals surface area contributed by atoms with Crippen LogP contribution in [0.2, 0.25) is 0 Å². The Labute approximate surface area is 109 Å². The van der Waals surface area contributed by atoms with Gasteiger partial charge in [0.1, 0.15) is 11.5 Å². The molecule has 2 aromatic rings. The number of rotatable bonds is 5. The van der Waals surface area contributed by atoms with Crippen LogP contribution in [-0.4, -0.2) is 33.4 Å². The van der Waals surface area contributed by atoms with Gasteiger partial charge >= 0.3 is 0 Å². The van der Waals surface area contributed by atoms with Gasteiger partial charge in [-0.3, -0.25) is 4.79 Å². The molecule has 96 valence electrons. The Balaban J connectivity index is 2.20. The van der Waals surface area contributed by atoms with Crippen LogP contribution in [0.25, 0.3) is 5.65 Å². The second kappa shape index (κ2) is 5.68. The summed E-state index contributed by atoms with van der Waals surface area (Å²) in [6.45, 7) is 0. The Hall–Kier alpha value is -1.82. The number of alkyl halides is 1. The van der Waals surface area contributed by atoms with Gasteiger partial charge in [0.2, 0.25) is 5.91 Å². The lowest BCUT2D eigenvalue weighted by atomic mass is 10.3. The standard InChI is InChI=1S/C11H14ClN5O/c1-13-9-4-6-17-11(16-9)8(7-14-17)15-10(18)3-2-5-12/h4,6-7H,2-3,5H2,1H3,(H,13,16)(H,15,18). The summed E-state index contributed by atoms with van der Waals surface area (Å²) >= 11 is 5.55. The smallest absolute Gasteiger partial charge is 0.224 e. The average Bonchev–Trinajstić information content (AvgIpc) is 2.78. The van der Waals surface area contributed by atoms with E-state index in [-0.39, 0.29) is 5.91 Å². The van der Waals surface area contributed by atoms with Crippen LogP contribution >= 0.6 is 11.6 Å². The van der Waals surface area contributed by atoms with Gasteiger partial charge in [-0.1, -0.05) is 0 Å². The zero-order chi connectivity index (χ0) is 13.0. The molecule has 0 saturated carbocycles. The van der Waals surface area contributed by atoms with Crippen molar-refractivity contribution in [3.63, 3.8) is 0 Å². The molecule has 0 aliphatic heterocycles. The number of carbonyl (C=O) groups is 1. The Kier molecular flexibility index (Phi) is 3.99. The van der Waals surface area contributed by atoms with Gasteiger partial charge in [-0.05, 0) is 12.5 Å². The van der Waals surface area contributed by atoms with Crippen molar-refractivity contribution in [2.24, 2.45) is 0 Å². The number of carbonyl (C=O) groups excluding carboxylic acids is 1. The van der Waals surface area contributed by atoms with E-state index in [9.17, 15) is 4.79 Å². The SMILES string of the molecule is CNc1ccn2ncc(NC(=O)CCCCl)c2n1. The number of aromatic nitrogens is 3. The van der Waals surface area contributed by atoms with E-state index in [0.29, 0.717) is 30.1 Å². The molecule has 7 heteroatoms. The van der Waals surface area contributed by atoms with Crippen LogP contribution in [-0.2, 0) is 4.79 Å². The molecule has 6 nitrogen and oxygen atoms in total. The minimum atomic E-state index is -0.0813. The van der Waals surface area contributed by atoms with Crippen LogP contribution in [0.1, 0.15) is 12.8 Å². The van der Waals surface area contributed by atoms with Crippen LogP contribution in [0.4, 0.5) is 11.5 Å². The molecule has 0 bridgehead atoms. The lowest BCUT2D eigenvalue weighted by molar-refractivity contribution is -0.116. The molecule has 0 aromatic carbocycles. The molecule has 0 saturated heterocycles. The van der Waals surface area contributed by atoms with Gasteiger partial charge in [0.15, 0.2) is 5.65 Å². The predicted molar refractivity (Wildman–Crippen MR) is 71.1 cm³/mol. The highest BCUT2D eigenvalue weighted by Crippen LogP contribution is 2.16. The van der Waals surface area contributed by atoms with Crippen LogP contribution < -0.4 is 10.6 Å². The second-order valence-corrected chi connectivity index (χ2v) is 4.11. The second-order valence-electron chi connectivity index (χ2n) is 3.73. The average molecular weight is 268 g/mol. The highest BCUT2D eigenvalue weighted by atomic mass is 35.5. The third-order valence-corrected chi connectivity index (χ3v) is 2.70. The molecule has 2 aromatic heterocycles.